The summed E-state index contributed by atoms with van der Waals surface area (Å²) >= 11 is 0. The predicted octanol–water partition coefficient (Wildman–Crippen LogP) is 3.70. The van der Waals surface area contributed by atoms with Crippen molar-refractivity contribution in [2.45, 2.75) is 45.6 Å². The number of rotatable bonds is 4. The first-order valence-corrected chi connectivity index (χ1v) is 9.40. The Hall–Kier alpha value is -2.96. The van der Waals surface area contributed by atoms with E-state index < -0.39 is 0 Å². The highest BCUT2D eigenvalue weighted by Gasteiger charge is 2.34. The number of hydrogen-bond donors (Lipinski definition) is 1. The summed E-state index contributed by atoms with van der Waals surface area (Å²) in [5.41, 5.74) is 4.29. The lowest BCUT2D eigenvalue weighted by molar-refractivity contribution is 0.0604. The zero-order valence-corrected chi connectivity index (χ0v) is 15.6. The maximum atomic E-state index is 13.4. The molecule has 1 N–H and O–H groups in total. The van der Waals surface area contributed by atoms with Crippen molar-refractivity contribution in [3.05, 3.63) is 53.4 Å². The third-order valence-corrected chi connectivity index (χ3v) is 5.23. The van der Waals surface area contributed by atoms with E-state index in [2.05, 4.69) is 20.3 Å². The van der Waals surface area contributed by atoms with E-state index in [1.807, 2.05) is 37.1 Å². The number of amides is 1. The fraction of sp³-hybridized carbons (Fsp3) is 0.400. The third kappa shape index (κ3) is 3.13. The Morgan fingerprint density at radius 2 is 2.15 bits per heavy atom. The summed E-state index contributed by atoms with van der Waals surface area (Å²) in [6.45, 7) is 4.51. The smallest absolute Gasteiger partial charge is 0.259 e. The highest BCUT2D eigenvalue weighted by Crippen LogP contribution is 2.36. The number of nitrogens with one attached hydrogen (secondary N) is 1. The molecular weight excluding hydrogens is 342 g/mol. The van der Waals surface area contributed by atoms with Crippen molar-refractivity contribution in [1.82, 2.24) is 25.2 Å². The zero-order valence-electron chi connectivity index (χ0n) is 15.6. The van der Waals surface area contributed by atoms with Crippen molar-refractivity contribution in [2.24, 2.45) is 0 Å². The van der Waals surface area contributed by atoms with Gasteiger partial charge in [-0.05, 0) is 43.9 Å². The molecule has 1 aliphatic heterocycles. The average molecular weight is 365 g/mol. The van der Waals surface area contributed by atoms with Gasteiger partial charge in [0.1, 0.15) is 11.3 Å². The molecule has 7 heteroatoms. The van der Waals surface area contributed by atoms with Crippen LogP contribution in [0.2, 0.25) is 0 Å². The molecule has 4 rings (SSSR count). The largest absolute Gasteiger partial charge is 0.360 e. The van der Waals surface area contributed by atoms with E-state index in [4.69, 9.17) is 4.52 Å². The van der Waals surface area contributed by atoms with E-state index in [0.717, 1.165) is 36.1 Å². The first-order valence-electron chi connectivity index (χ1n) is 9.40. The number of carbonyl (C=O) groups excluding carboxylic acids is 1. The van der Waals surface area contributed by atoms with Crippen LogP contribution in [0.4, 0.5) is 0 Å². The van der Waals surface area contributed by atoms with E-state index in [9.17, 15) is 4.79 Å². The van der Waals surface area contributed by atoms with Crippen molar-refractivity contribution in [3.63, 3.8) is 0 Å². The maximum absolute atomic E-state index is 13.4. The van der Waals surface area contributed by atoms with Gasteiger partial charge in [0.25, 0.3) is 5.91 Å². The molecule has 0 spiro atoms. The molecule has 1 aliphatic rings. The fourth-order valence-electron chi connectivity index (χ4n) is 3.86. The van der Waals surface area contributed by atoms with Gasteiger partial charge in [-0.2, -0.15) is 5.10 Å². The Morgan fingerprint density at radius 1 is 1.33 bits per heavy atom. The Labute approximate surface area is 157 Å². The monoisotopic (exact) mass is 365 g/mol. The molecule has 0 aliphatic carbocycles. The molecule has 1 atom stereocenters. The summed E-state index contributed by atoms with van der Waals surface area (Å²) in [7, 11) is 0. The standard InChI is InChI=1S/C20H23N5O2/c1-3-17-18(13(2)24-27-17)20(26)25-11-5-4-6-16(25)19-15(12-22-23-19)14-7-9-21-10-8-14/h7-10,12,16H,3-6,11H2,1-2H3,(H,22,23)/t16-/m0/s1. The molecule has 1 saturated heterocycles. The zero-order chi connectivity index (χ0) is 18.8. The molecular formula is C20H23N5O2. The summed E-state index contributed by atoms with van der Waals surface area (Å²) in [5, 5.41) is 11.4. The number of pyridine rings is 1. The second-order valence-electron chi connectivity index (χ2n) is 6.86. The normalized spacial score (nSPS) is 17.3. The number of hydrogen-bond acceptors (Lipinski definition) is 5. The lowest BCUT2D eigenvalue weighted by Gasteiger charge is -2.35. The fourth-order valence-corrected chi connectivity index (χ4v) is 3.86. The number of aromatic amines is 1. The van der Waals surface area contributed by atoms with Crippen LogP contribution in [0, 0.1) is 6.92 Å². The number of aromatic nitrogens is 4. The van der Waals surface area contributed by atoms with Gasteiger partial charge in [-0.3, -0.25) is 14.9 Å². The number of carbonyl (C=O) groups is 1. The first-order chi connectivity index (χ1) is 13.2. The Bertz CT molecular complexity index is 931. The number of piperidine rings is 1. The molecule has 0 aromatic carbocycles. The van der Waals surface area contributed by atoms with Crippen LogP contribution < -0.4 is 0 Å². The Balaban J connectivity index is 1.71. The van der Waals surface area contributed by atoms with E-state index in [0.29, 0.717) is 30.0 Å². The number of nitrogens with zero attached hydrogens (tertiary/aromatic N) is 4. The number of aryl methyl sites for hydroxylation is 2. The molecule has 0 bridgehead atoms. The second kappa shape index (κ2) is 7.34. The molecule has 140 valence electrons. The molecule has 3 aromatic rings. The van der Waals surface area contributed by atoms with Gasteiger partial charge < -0.3 is 9.42 Å². The van der Waals surface area contributed by atoms with Crippen LogP contribution >= 0.6 is 0 Å². The highest BCUT2D eigenvalue weighted by molar-refractivity contribution is 5.96. The summed E-state index contributed by atoms with van der Waals surface area (Å²) in [6.07, 6.45) is 8.97. The van der Waals surface area contributed by atoms with Crippen LogP contribution in [0.15, 0.2) is 35.2 Å². The van der Waals surface area contributed by atoms with Crippen molar-refractivity contribution in [2.75, 3.05) is 6.54 Å². The molecule has 4 heterocycles. The molecule has 27 heavy (non-hydrogen) atoms. The highest BCUT2D eigenvalue weighted by atomic mass is 16.5. The number of H-pyrrole nitrogens is 1. The van der Waals surface area contributed by atoms with Gasteiger partial charge in [0.05, 0.1) is 23.6 Å². The minimum atomic E-state index is -0.0454. The van der Waals surface area contributed by atoms with Crippen molar-refractivity contribution >= 4 is 5.91 Å². The topological polar surface area (TPSA) is 87.9 Å². The van der Waals surface area contributed by atoms with Crippen LogP contribution in [0.25, 0.3) is 11.1 Å². The van der Waals surface area contributed by atoms with Gasteiger partial charge in [-0.25, -0.2) is 0 Å². The summed E-state index contributed by atoms with van der Waals surface area (Å²) in [4.78, 5) is 19.4. The Morgan fingerprint density at radius 3 is 2.93 bits per heavy atom. The van der Waals surface area contributed by atoms with Gasteiger partial charge in [0, 0.05) is 30.9 Å². The van der Waals surface area contributed by atoms with Crippen LogP contribution in [0.5, 0.6) is 0 Å². The lowest BCUT2D eigenvalue weighted by Crippen LogP contribution is -2.39. The minimum absolute atomic E-state index is 0.00872. The van der Waals surface area contributed by atoms with Crippen molar-refractivity contribution in [3.8, 4) is 11.1 Å². The molecule has 0 radical (unpaired) electrons. The summed E-state index contributed by atoms with van der Waals surface area (Å²) in [5.74, 6) is 0.645. The van der Waals surface area contributed by atoms with Gasteiger partial charge >= 0.3 is 0 Å². The van der Waals surface area contributed by atoms with Crippen molar-refractivity contribution in [1.29, 1.82) is 0 Å². The van der Waals surface area contributed by atoms with Crippen LogP contribution in [0.3, 0.4) is 0 Å². The minimum Gasteiger partial charge on any atom is -0.360 e. The van der Waals surface area contributed by atoms with E-state index in [1.165, 1.54) is 0 Å². The maximum Gasteiger partial charge on any atom is 0.259 e. The SMILES string of the molecule is CCc1onc(C)c1C(=O)N1CCCC[C@H]1c1[nH]ncc1-c1ccncc1. The van der Waals surface area contributed by atoms with E-state index in [1.54, 1.807) is 12.4 Å². The molecule has 0 unspecified atom stereocenters. The first kappa shape index (κ1) is 17.5. The average Bonchev–Trinajstić information content (AvgIpc) is 3.34. The molecule has 0 saturated carbocycles. The predicted molar refractivity (Wildman–Crippen MR) is 100 cm³/mol. The second-order valence-corrected chi connectivity index (χ2v) is 6.86. The Kier molecular flexibility index (Phi) is 4.75. The van der Waals surface area contributed by atoms with E-state index in [-0.39, 0.29) is 11.9 Å². The molecule has 1 amide bonds. The van der Waals surface area contributed by atoms with Gasteiger partial charge in [0.15, 0.2) is 0 Å². The quantitative estimate of drug-likeness (QED) is 0.762. The van der Waals surface area contributed by atoms with Crippen LogP contribution in [-0.2, 0) is 6.42 Å². The van der Waals surface area contributed by atoms with Gasteiger partial charge in [-0.15, -0.1) is 0 Å². The van der Waals surface area contributed by atoms with Crippen molar-refractivity contribution < 1.29 is 9.32 Å². The summed E-state index contributed by atoms with van der Waals surface area (Å²) < 4.78 is 5.35. The van der Waals surface area contributed by atoms with Crippen LogP contribution in [-0.4, -0.2) is 37.7 Å². The van der Waals surface area contributed by atoms with Gasteiger partial charge in [-0.1, -0.05) is 12.1 Å². The molecule has 1 fully saturated rings. The third-order valence-electron chi connectivity index (χ3n) is 5.23. The van der Waals surface area contributed by atoms with E-state index >= 15 is 0 Å². The molecule has 7 nitrogen and oxygen atoms in total. The van der Waals surface area contributed by atoms with Gasteiger partial charge in [0.2, 0.25) is 0 Å². The number of likely N-dealkylation sites (tertiary alicyclic amines) is 1. The lowest BCUT2D eigenvalue weighted by atomic mass is 9.94. The van der Waals surface area contributed by atoms with Crippen LogP contribution in [0.1, 0.15) is 59.7 Å². The summed E-state index contributed by atoms with van der Waals surface area (Å²) in [6, 6.07) is 3.88. The molecule has 3 aromatic heterocycles.